The maximum absolute atomic E-state index is 12.4. The third-order valence-electron chi connectivity index (χ3n) is 4.27. The van der Waals surface area contributed by atoms with Crippen LogP contribution < -0.4 is 5.32 Å². The summed E-state index contributed by atoms with van der Waals surface area (Å²) in [5, 5.41) is 13.0. The minimum atomic E-state index is 0.0291. The third kappa shape index (κ3) is 2.65. The predicted octanol–water partition coefficient (Wildman–Crippen LogP) is 4.23. The van der Waals surface area contributed by atoms with Gasteiger partial charge in [0.1, 0.15) is 11.1 Å². The third-order valence-corrected chi connectivity index (χ3v) is 5.33. The maximum atomic E-state index is 12.4. The van der Waals surface area contributed by atoms with Gasteiger partial charge in [-0.3, -0.25) is 4.79 Å². The summed E-state index contributed by atoms with van der Waals surface area (Å²) in [7, 11) is 0. The molecule has 2 atom stereocenters. The number of aryl methyl sites for hydroxylation is 1. The number of hydrogen-bond acceptors (Lipinski definition) is 3. The van der Waals surface area contributed by atoms with Gasteiger partial charge in [0.2, 0.25) is 5.91 Å². The van der Waals surface area contributed by atoms with Crippen molar-refractivity contribution in [3.05, 3.63) is 51.9 Å². The molecule has 1 aromatic carbocycles. The Morgan fingerprint density at radius 3 is 2.77 bits per heavy atom. The summed E-state index contributed by atoms with van der Waals surface area (Å²) in [4.78, 5) is 13.5. The lowest BCUT2D eigenvalue weighted by Crippen LogP contribution is -2.14. The first-order valence-electron chi connectivity index (χ1n) is 7.53. The summed E-state index contributed by atoms with van der Waals surface area (Å²) in [6.07, 6.45) is 1.71. The van der Waals surface area contributed by atoms with Crippen molar-refractivity contribution in [2.75, 3.05) is 5.32 Å². The molecule has 22 heavy (non-hydrogen) atoms. The fourth-order valence-electron chi connectivity index (χ4n) is 2.97. The number of rotatable bonds is 4. The van der Waals surface area contributed by atoms with Crippen LogP contribution in [-0.2, 0) is 11.2 Å². The van der Waals surface area contributed by atoms with Gasteiger partial charge >= 0.3 is 0 Å². The van der Waals surface area contributed by atoms with Crippen molar-refractivity contribution in [3.63, 3.8) is 0 Å². The smallest absolute Gasteiger partial charge is 0.228 e. The van der Waals surface area contributed by atoms with Crippen molar-refractivity contribution in [3.8, 4) is 6.07 Å². The molecule has 3 rings (SSSR count). The SMILES string of the molecule is CCc1c(C)sc(NC(=O)[C@@H]2C[C@H]2c2ccccc2)c1C#N. The number of nitrogens with one attached hydrogen (secondary N) is 1. The highest BCUT2D eigenvalue weighted by molar-refractivity contribution is 7.16. The Kier molecular flexibility index (Phi) is 4.00. The molecule has 0 radical (unpaired) electrons. The van der Waals surface area contributed by atoms with E-state index < -0.39 is 0 Å². The zero-order valence-corrected chi connectivity index (χ0v) is 13.5. The first-order chi connectivity index (χ1) is 10.7. The monoisotopic (exact) mass is 310 g/mol. The quantitative estimate of drug-likeness (QED) is 0.918. The molecule has 1 saturated carbocycles. The molecule has 0 aliphatic heterocycles. The van der Waals surface area contributed by atoms with E-state index in [4.69, 9.17) is 0 Å². The molecule has 2 aromatic rings. The van der Waals surface area contributed by atoms with Crippen LogP contribution in [0.2, 0.25) is 0 Å². The summed E-state index contributed by atoms with van der Waals surface area (Å²) in [6.45, 7) is 4.04. The van der Waals surface area contributed by atoms with Gasteiger partial charge in [0.25, 0.3) is 0 Å². The van der Waals surface area contributed by atoms with Crippen molar-refractivity contribution in [2.45, 2.75) is 32.6 Å². The molecule has 4 heteroatoms. The molecule has 112 valence electrons. The highest BCUT2D eigenvalue weighted by atomic mass is 32.1. The molecule has 0 unspecified atom stereocenters. The Morgan fingerprint density at radius 2 is 2.14 bits per heavy atom. The number of carbonyl (C=O) groups is 1. The second-order valence-corrected chi connectivity index (χ2v) is 6.88. The van der Waals surface area contributed by atoms with E-state index in [1.807, 2.05) is 32.0 Å². The lowest BCUT2D eigenvalue weighted by Gasteiger charge is -2.03. The molecule has 1 N–H and O–H groups in total. The number of anilines is 1. The summed E-state index contributed by atoms with van der Waals surface area (Å²) in [6, 6.07) is 12.4. The summed E-state index contributed by atoms with van der Waals surface area (Å²) < 4.78 is 0. The van der Waals surface area contributed by atoms with Gasteiger partial charge in [0.05, 0.1) is 5.56 Å². The molecular weight excluding hydrogens is 292 g/mol. The first-order valence-corrected chi connectivity index (χ1v) is 8.35. The van der Waals surface area contributed by atoms with Crippen LogP contribution in [-0.4, -0.2) is 5.91 Å². The number of hydrogen-bond donors (Lipinski definition) is 1. The molecule has 1 aromatic heterocycles. The van der Waals surface area contributed by atoms with Crippen molar-refractivity contribution in [1.29, 1.82) is 5.26 Å². The lowest BCUT2D eigenvalue weighted by atomic mass is 10.1. The molecular formula is C18H18N2OS. The van der Waals surface area contributed by atoms with Gasteiger partial charge in [-0.15, -0.1) is 11.3 Å². The Bertz CT molecular complexity index is 742. The molecule has 1 aliphatic rings. The molecule has 3 nitrogen and oxygen atoms in total. The van der Waals surface area contributed by atoms with Crippen molar-refractivity contribution in [2.24, 2.45) is 5.92 Å². The highest BCUT2D eigenvalue weighted by Crippen LogP contribution is 2.48. The van der Waals surface area contributed by atoms with E-state index in [2.05, 4.69) is 23.5 Å². The van der Waals surface area contributed by atoms with Crippen LogP contribution in [0.5, 0.6) is 0 Å². The maximum Gasteiger partial charge on any atom is 0.228 e. The minimum Gasteiger partial charge on any atom is -0.316 e. The van der Waals surface area contributed by atoms with Gasteiger partial charge in [-0.2, -0.15) is 5.26 Å². The molecule has 0 bridgehead atoms. The van der Waals surface area contributed by atoms with E-state index in [0.29, 0.717) is 16.5 Å². The van der Waals surface area contributed by atoms with Crippen LogP contribution in [0.25, 0.3) is 0 Å². The van der Waals surface area contributed by atoms with E-state index in [0.717, 1.165) is 23.3 Å². The molecule has 1 amide bonds. The van der Waals surface area contributed by atoms with Crippen LogP contribution in [0.4, 0.5) is 5.00 Å². The molecule has 1 fully saturated rings. The van der Waals surface area contributed by atoms with Crippen LogP contribution in [0.1, 0.15) is 40.8 Å². The first kappa shape index (κ1) is 14.8. The highest BCUT2D eigenvalue weighted by Gasteiger charge is 2.44. The number of amides is 1. The van der Waals surface area contributed by atoms with Crippen LogP contribution in [0.15, 0.2) is 30.3 Å². The van der Waals surface area contributed by atoms with E-state index in [9.17, 15) is 10.1 Å². The van der Waals surface area contributed by atoms with Gasteiger partial charge in [-0.25, -0.2) is 0 Å². The largest absolute Gasteiger partial charge is 0.316 e. The molecule has 1 heterocycles. The summed E-state index contributed by atoms with van der Waals surface area (Å²) >= 11 is 1.51. The van der Waals surface area contributed by atoms with Crippen LogP contribution >= 0.6 is 11.3 Å². The Balaban J connectivity index is 1.73. The zero-order chi connectivity index (χ0) is 15.7. The van der Waals surface area contributed by atoms with E-state index in [1.54, 1.807) is 0 Å². The minimum absolute atomic E-state index is 0.0291. The average Bonchev–Trinajstić information content (AvgIpc) is 3.27. The lowest BCUT2D eigenvalue weighted by molar-refractivity contribution is -0.117. The van der Waals surface area contributed by atoms with Crippen molar-refractivity contribution in [1.82, 2.24) is 0 Å². The second kappa shape index (κ2) is 5.94. The molecule has 0 saturated heterocycles. The Morgan fingerprint density at radius 1 is 1.41 bits per heavy atom. The number of nitrogens with zero attached hydrogens (tertiary/aromatic N) is 1. The van der Waals surface area contributed by atoms with E-state index >= 15 is 0 Å². The standard InChI is InChI=1S/C18H18N2OS/c1-3-13-11(2)22-18(16(13)10-19)20-17(21)15-9-14(15)12-7-5-4-6-8-12/h4-8,14-15H,3,9H2,1-2H3,(H,20,21)/t14-,15+/m0/s1. The zero-order valence-electron chi connectivity index (χ0n) is 12.7. The van der Waals surface area contributed by atoms with Gasteiger partial charge in [0, 0.05) is 10.8 Å². The van der Waals surface area contributed by atoms with Crippen LogP contribution in [0.3, 0.4) is 0 Å². The summed E-state index contributed by atoms with van der Waals surface area (Å²) in [5.41, 5.74) is 2.91. The van der Waals surface area contributed by atoms with Crippen molar-refractivity contribution >= 4 is 22.2 Å². The predicted molar refractivity (Wildman–Crippen MR) is 89.1 cm³/mol. The van der Waals surface area contributed by atoms with Crippen molar-refractivity contribution < 1.29 is 4.79 Å². The number of thiophene rings is 1. The molecule has 1 aliphatic carbocycles. The normalized spacial score (nSPS) is 19.5. The molecule has 0 spiro atoms. The van der Waals surface area contributed by atoms with Gasteiger partial charge < -0.3 is 5.32 Å². The van der Waals surface area contributed by atoms with E-state index in [1.165, 1.54) is 16.9 Å². The van der Waals surface area contributed by atoms with E-state index in [-0.39, 0.29) is 11.8 Å². The fourth-order valence-corrected chi connectivity index (χ4v) is 4.07. The average molecular weight is 310 g/mol. The number of benzene rings is 1. The fraction of sp³-hybridized carbons (Fsp3) is 0.333. The Hall–Kier alpha value is -2.12. The number of nitriles is 1. The van der Waals surface area contributed by atoms with Gasteiger partial charge in [-0.1, -0.05) is 37.3 Å². The van der Waals surface area contributed by atoms with Crippen LogP contribution in [0, 0.1) is 24.2 Å². The topological polar surface area (TPSA) is 52.9 Å². The second-order valence-electron chi connectivity index (χ2n) is 5.65. The Labute approximate surface area is 134 Å². The van der Waals surface area contributed by atoms with Gasteiger partial charge in [-0.05, 0) is 36.8 Å². The van der Waals surface area contributed by atoms with Gasteiger partial charge in [0.15, 0.2) is 0 Å². The summed E-state index contributed by atoms with van der Waals surface area (Å²) in [5.74, 6) is 0.383. The number of carbonyl (C=O) groups excluding carboxylic acids is 1.